The van der Waals surface area contributed by atoms with Crippen LogP contribution < -0.4 is 0 Å². The van der Waals surface area contributed by atoms with Crippen molar-refractivity contribution in [1.29, 1.82) is 0 Å². The van der Waals surface area contributed by atoms with Crippen LogP contribution in [0.4, 0.5) is 0 Å². The normalized spacial score (nSPS) is 10.6. The van der Waals surface area contributed by atoms with Crippen LogP contribution >= 0.6 is 0 Å². The average Bonchev–Trinajstić information content (AvgIpc) is 2.86. The van der Waals surface area contributed by atoms with Crippen molar-refractivity contribution in [2.75, 3.05) is 13.2 Å². The summed E-state index contributed by atoms with van der Waals surface area (Å²) in [5.74, 6) is 0.0320. The number of hydrogen-bond acceptors (Lipinski definition) is 3. The van der Waals surface area contributed by atoms with Gasteiger partial charge in [-0.1, -0.05) is 0 Å². The Morgan fingerprint density at radius 3 is 2.79 bits per heavy atom. The first kappa shape index (κ1) is 13.5. The highest BCUT2D eigenvalue weighted by Gasteiger charge is 2.06. The minimum Gasteiger partial charge on any atom is -0.373 e. The van der Waals surface area contributed by atoms with E-state index in [9.17, 15) is 4.79 Å². The van der Waals surface area contributed by atoms with Crippen LogP contribution in [0.5, 0.6) is 0 Å². The quantitative estimate of drug-likeness (QED) is 0.565. The lowest BCUT2D eigenvalue weighted by molar-refractivity contribution is 0.0756. The van der Waals surface area contributed by atoms with E-state index in [1.54, 1.807) is 12.4 Å². The van der Waals surface area contributed by atoms with Gasteiger partial charge in [0.05, 0.1) is 0 Å². The maximum absolute atomic E-state index is 11.7. The summed E-state index contributed by atoms with van der Waals surface area (Å²) in [6, 6.07) is 5.80. The van der Waals surface area contributed by atoms with Gasteiger partial charge in [-0.25, -0.2) is 0 Å². The number of ether oxygens (including phenoxy) is 1. The van der Waals surface area contributed by atoms with Gasteiger partial charge in [0.25, 0.3) is 0 Å². The molecule has 100 valence electrons. The van der Waals surface area contributed by atoms with Gasteiger partial charge in [-0.2, -0.15) is 0 Å². The number of carbonyl (C=O) groups excluding carboxylic acids is 1. The molecule has 0 aromatic carbocycles. The topological polar surface area (TPSA) is 44.1 Å². The Kier molecular flexibility index (Phi) is 4.86. The molecular formula is C15H18N2O2. The number of aryl methyl sites for hydroxylation is 2. The van der Waals surface area contributed by atoms with Gasteiger partial charge in [0.1, 0.15) is 6.61 Å². The highest BCUT2D eigenvalue weighted by molar-refractivity contribution is 5.96. The summed E-state index contributed by atoms with van der Waals surface area (Å²) < 4.78 is 7.26. The van der Waals surface area contributed by atoms with Crippen molar-refractivity contribution >= 4 is 5.78 Å². The van der Waals surface area contributed by atoms with Gasteiger partial charge in [-0.3, -0.25) is 9.78 Å². The molecule has 0 N–H and O–H groups in total. The average molecular weight is 258 g/mol. The summed E-state index contributed by atoms with van der Waals surface area (Å²) in [5, 5.41) is 0. The van der Waals surface area contributed by atoms with E-state index in [0.29, 0.717) is 12.2 Å². The second-order valence-corrected chi connectivity index (χ2v) is 4.50. The monoisotopic (exact) mass is 258 g/mol. The first-order valence-electron chi connectivity index (χ1n) is 6.37. The van der Waals surface area contributed by atoms with Crippen LogP contribution in [0.1, 0.15) is 22.3 Å². The van der Waals surface area contributed by atoms with Gasteiger partial charge in [0.15, 0.2) is 5.78 Å². The largest absolute Gasteiger partial charge is 0.373 e. The summed E-state index contributed by atoms with van der Waals surface area (Å²) in [6.45, 7) is 0.751. The van der Waals surface area contributed by atoms with Crippen molar-refractivity contribution in [2.45, 2.75) is 12.8 Å². The second kappa shape index (κ2) is 6.85. The van der Waals surface area contributed by atoms with E-state index in [1.165, 1.54) is 5.56 Å². The number of hydrogen-bond donors (Lipinski definition) is 0. The van der Waals surface area contributed by atoms with E-state index in [1.807, 2.05) is 42.2 Å². The molecule has 0 atom stereocenters. The van der Waals surface area contributed by atoms with Gasteiger partial charge in [0, 0.05) is 44.0 Å². The summed E-state index contributed by atoms with van der Waals surface area (Å²) in [6.07, 6.45) is 9.09. The highest BCUT2D eigenvalue weighted by atomic mass is 16.5. The molecule has 0 amide bonds. The first-order chi connectivity index (χ1) is 9.25. The molecule has 0 aliphatic heterocycles. The van der Waals surface area contributed by atoms with E-state index in [0.717, 1.165) is 12.8 Å². The van der Waals surface area contributed by atoms with Gasteiger partial charge in [-0.15, -0.1) is 0 Å². The van der Waals surface area contributed by atoms with Crippen LogP contribution in [0.2, 0.25) is 0 Å². The lowest BCUT2D eigenvalue weighted by Crippen LogP contribution is -2.09. The molecule has 2 heterocycles. The lowest BCUT2D eigenvalue weighted by atomic mass is 10.1. The number of carbonyl (C=O) groups is 1. The number of pyridine rings is 1. The lowest BCUT2D eigenvalue weighted by Gasteiger charge is -2.03. The Hall–Kier alpha value is -1.94. The standard InChI is InChI=1S/C15H18N2O2/c1-17-9-6-14(11-17)15(18)12-19-10-2-3-13-4-7-16-8-5-13/h4-9,11H,2-3,10,12H2,1H3. The van der Waals surface area contributed by atoms with Crippen molar-refractivity contribution in [2.24, 2.45) is 7.05 Å². The zero-order valence-corrected chi connectivity index (χ0v) is 11.1. The Balaban J connectivity index is 1.63. The molecule has 0 unspecified atom stereocenters. The molecule has 0 bridgehead atoms. The molecule has 0 spiro atoms. The molecule has 0 aliphatic rings. The molecule has 4 heteroatoms. The highest BCUT2D eigenvalue weighted by Crippen LogP contribution is 2.03. The predicted octanol–water partition coefficient (Wildman–Crippen LogP) is 2.25. The maximum atomic E-state index is 11.7. The van der Waals surface area contributed by atoms with Crippen molar-refractivity contribution in [1.82, 2.24) is 9.55 Å². The number of ketones is 1. The fourth-order valence-corrected chi connectivity index (χ4v) is 1.84. The zero-order chi connectivity index (χ0) is 13.5. The Labute approximate surface area is 113 Å². The fourth-order valence-electron chi connectivity index (χ4n) is 1.84. The smallest absolute Gasteiger partial charge is 0.189 e. The third-order valence-electron chi connectivity index (χ3n) is 2.89. The van der Waals surface area contributed by atoms with E-state index in [4.69, 9.17) is 4.74 Å². The molecule has 0 aliphatic carbocycles. The molecule has 0 saturated heterocycles. The third kappa shape index (κ3) is 4.34. The molecule has 2 rings (SSSR count). The number of Topliss-reactive ketones (excluding diaryl/α,β-unsaturated/α-hetero) is 1. The summed E-state index contributed by atoms with van der Waals surface area (Å²) in [4.78, 5) is 15.7. The van der Waals surface area contributed by atoms with Crippen molar-refractivity contribution in [3.63, 3.8) is 0 Å². The number of aromatic nitrogens is 2. The van der Waals surface area contributed by atoms with E-state index < -0.39 is 0 Å². The molecule has 0 saturated carbocycles. The molecular weight excluding hydrogens is 240 g/mol. The van der Waals surface area contributed by atoms with Crippen LogP contribution in [-0.2, 0) is 18.2 Å². The fraction of sp³-hybridized carbons (Fsp3) is 0.333. The minimum atomic E-state index is 0.0320. The van der Waals surface area contributed by atoms with E-state index in [-0.39, 0.29) is 12.4 Å². The third-order valence-corrected chi connectivity index (χ3v) is 2.89. The molecule has 19 heavy (non-hydrogen) atoms. The predicted molar refractivity (Wildman–Crippen MR) is 73.1 cm³/mol. The first-order valence-corrected chi connectivity index (χ1v) is 6.37. The van der Waals surface area contributed by atoms with Gasteiger partial charge < -0.3 is 9.30 Å². The summed E-state index contributed by atoms with van der Waals surface area (Å²) in [5.41, 5.74) is 1.95. The van der Waals surface area contributed by atoms with Crippen LogP contribution in [0.3, 0.4) is 0 Å². The Bertz CT molecular complexity index is 520. The van der Waals surface area contributed by atoms with E-state index in [2.05, 4.69) is 4.98 Å². The molecule has 2 aromatic rings. The number of nitrogens with zero attached hydrogens (tertiary/aromatic N) is 2. The van der Waals surface area contributed by atoms with Crippen molar-refractivity contribution in [3.05, 3.63) is 54.1 Å². The summed E-state index contributed by atoms with van der Waals surface area (Å²) >= 11 is 0. The minimum absolute atomic E-state index is 0.0320. The van der Waals surface area contributed by atoms with Gasteiger partial charge in [0.2, 0.25) is 0 Å². The van der Waals surface area contributed by atoms with Gasteiger partial charge >= 0.3 is 0 Å². The van der Waals surface area contributed by atoms with Crippen molar-refractivity contribution < 1.29 is 9.53 Å². The van der Waals surface area contributed by atoms with Crippen LogP contribution in [0.15, 0.2) is 43.0 Å². The second-order valence-electron chi connectivity index (χ2n) is 4.50. The molecule has 4 nitrogen and oxygen atoms in total. The maximum Gasteiger partial charge on any atom is 0.189 e. The Morgan fingerprint density at radius 1 is 1.32 bits per heavy atom. The number of rotatable bonds is 7. The molecule has 0 radical (unpaired) electrons. The van der Waals surface area contributed by atoms with Crippen LogP contribution in [0.25, 0.3) is 0 Å². The SMILES string of the molecule is Cn1ccc(C(=O)COCCCc2ccncc2)c1. The van der Waals surface area contributed by atoms with Crippen molar-refractivity contribution in [3.8, 4) is 0 Å². The Morgan fingerprint density at radius 2 is 2.11 bits per heavy atom. The molecule has 0 fully saturated rings. The van der Waals surface area contributed by atoms with E-state index >= 15 is 0 Å². The van der Waals surface area contributed by atoms with Crippen LogP contribution in [0, 0.1) is 0 Å². The van der Waals surface area contributed by atoms with Gasteiger partial charge in [-0.05, 0) is 36.6 Å². The molecule has 2 aromatic heterocycles. The summed E-state index contributed by atoms with van der Waals surface area (Å²) in [7, 11) is 1.90. The van der Waals surface area contributed by atoms with Crippen LogP contribution in [-0.4, -0.2) is 28.5 Å². The zero-order valence-electron chi connectivity index (χ0n) is 11.1.